The van der Waals surface area contributed by atoms with E-state index < -0.39 is 17.6 Å². The molecule has 3 N–H and O–H groups in total. The number of carbonyl (C=O) groups excluding carboxylic acids is 1. The van der Waals surface area contributed by atoms with Gasteiger partial charge in [0.25, 0.3) is 5.91 Å². The number of fused-ring (bicyclic) bond motifs is 1. The highest BCUT2D eigenvalue weighted by Gasteiger charge is 2.33. The molecule has 1 amide bonds. The predicted octanol–water partition coefficient (Wildman–Crippen LogP) is 3.16. The van der Waals surface area contributed by atoms with Gasteiger partial charge < -0.3 is 11.1 Å². The summed E-state index contributed by atoms with van der Waals surface area (Å²) in [5.41, 5.74) is 5.09. The van der Waals surface area contributed by atoms with Crippen molar-refractivity contribution in [1.82, 2.24) is 15.3 Å². The van der Waals surface area contributed by atoms with Crippen LogP contribution in [0.4, 0.5) is 19.0 Å². The van der Waals surface area contributed by atoms with Crippen molar-refractivity contribution in [2.24, 2.45) is 0 Å². The van der Waals surface area contributed by atoms with Crippen molar-refractivity contribution in [2.45, 2.75) is 12.7 Å². The second kappa shape index (κ2) is 6.39. The van der Waals surface area contributed by atoms with Gasteiger partial charge in [-0.2, -0.15) is 13.2 Å². The molecule has 0 fully saturated rings. The Kier molecular flexibility index (Phi) is 4.26. The molecule has 2 aromatic heterocycles. The van der Waals surface area contributed by atoms with Crippen molar-refractivity contribution in [3.63, 3.8) is 0 Å². The maximum atomic E-state index is 13.1. The minimum atomic E-state index is -4.55. The zero-order valence-electron chi connectivity index (χ0n) is 12.8. The van der Waals surface area contributed by atoms with Crippen molar-refractivity contribution >= 4 is 22.6 Å². The van der Waals surface area contributed by atoms with Crippen molar-refractivity contribution in [1.29, 1.82) is 0 Å². The molecule has 5 nitrogen and oxygen atoms in total. The minimum Gasteiger partial charge on any atom is -0.384 e. The molecular formula is C17H13F3N4O. The molecular weight excluding hydrogens is 333 g/mol. The van der Waals surface area contributed by atoms with Gasteiger partial charge in [-0.3, -0.25) is 9.78 Å². The summed E-state index contributed by atoms with van der Waals surface area (Å²) in [6.07, 6.45) is -3.36. The third-order valence-corrected chi connectivity index (χ3v) is 3.58. The summed E-state index contributed by atoms with van der Waals surface area (Å²) >= 11 is 0. The van der Waals surface area contributed by atoms with Crippen LogP contribution in [-0.2, 0) is 12.7 Å². The number of alkyl halides is 3. The van der Waals surface area contributed by atoms with Crippen molar-refractivity contribution in [3.05, 3.63) is 65.5 Å². The number of hydrogen-bond donors (Lipinski definition) is 2. The molecule has 0 saturated carbocycles. The molecule has 3 aromatic rings. The van der Waals surface area contributed by atoms with Crippen LogP contribution in [0.5, 0.6) is 0 Å². The van der Waals surface area contributed by atoms with Crippen LogP contribution in [0.25, 0.3) is 10.9 Å². The van der Waals surface area contributed by atoms with E-state index in [9.17, 15) is 18.0 Å². The van der Waals surface area contributed by atoms with Crippen molar-refractivity contribution in [2.75, 3.05) is 5.73 Å². The maximum Gasteiger partial charge on any atom is 0.418 e. The first-order chi connectivity index (χ1) is 11.9. The number of benzene rings is 1. The maximum absolute atomic E-state index is 13.1. The molecule has 128 valence electrons. The monoisotopic (exact) mass is 346 g/mol. The number of halogens is 3. The molecule has 3 rings (SSSR count). The Hall–Kier alpha value is -3.16. The highest BCUT2D eigenvalue weighted by Crippen LogP contribution is 2.34. The number of nitrogens with zero attached hydrogens (tertiary/aromatic N) is 2. The highest BCUT2D eigenvalue weighted by atomic mass is 19.4. The quantitative estimate of drug-likeness (QED) is 0.763. The number of hydrogen-bond acceptors (Lipinski definition) is 4. The number of aromatic nitrogens is 2. The van der Waals surface area contributed by atoms with E-state index in [0.717, 1.165) is 6.07 Å². The van der Waals surface area contributed by atoms with E-state index in [2.05, 4.69) is 15.3 Å². The average molecular weight is 346 g/mol. The highest BCUT2D eigenvalue weighted by molar-refractivity contribution is 6.06. The van der Waals surface area contributed by atoms with Crippen LogP contribution in [0.2, 0.25) is 0 Å². The standard InChI is InChI=1S/C17H13F3N4O/c18-17(19,20)13-5-2-4-11-12(7-8-22-15(11)13)16(25)23-9-10-3-1-6-14(21)24-10/h1-8H,9H2,(H2,21,24)(H,23,25). The molecule has 8 heteroatoms. The number of para-hydroxylation sites is 1. The van der Waals surface area contributed by atoms with E-state index in [-0.39, 0.29) is 23.0 Å². The van der Waals surface area contributed by atoms with Gasteiger partial charge in [-0.05, 0) is 24.3 Å². The predicted molar refractivity (Wildman–Crippen MR) is 86.6 cm³/mol. The Bertz CT molecular complexity index is 941. The molecule has 0 radical (unpaired) electrons. The van der Waals surface area contributed by atoms with Crippen LogP contribution in [-0.4, -0.2) is 15.9 Å². The molecule has 0 bridgehead atoms. The zero-order valence-corrected chi connectivity index (χ0v) is 12.8. The Morgan fingerprint density at radius 1 is 1.12 bits per heavy atom. The van der Waals surface area contributed by atoms with Crippen LogP contribution < -0.4 is 11.1 Å². The molecule has 0 aliphatic carbocycles. The van der Waals surface area contributed by atoms with Gasteiger partial charge in [0, 0.05) is 11.6 Å². The normalized spacial score (nSPS) is 11.5. The number of rotatable bonds is 3. The topological polar surface area (TPSA) is 80.9 Å². The van der Waals surface area contributed by atoms with Gasteiger partial charge in [0.1, 0.15) is 5.82 Å². The fraction of sp³-hybridized carbons (Fsp3) is 0.118. The lowest BCUT2D eigenvalue weighted by molar-refractivity contribution is -0.136. The first-order valence-electron chi connectivity index (χ1n) is 7.31. The molecule has 0 saturated heterocycles. The van der Waals surface area contributed by atoms with Crippen LogP contribution in [0, 0.1) is 0 Å². The summed E-state index contributed by atoms with van der Waals surface area (Å²) in [6.45, 7) is 0.104. The van der Waals surface area contributed by atoms with Gasteiger partial charge in [0.05, 0.1) is 28.9 Å². The molecule has 0 aliphatic heterocycles. The van der Waals surface area contributed by atoms with Crippen LogP contribution in [0.3, 0.4) is 0 Å². The van der Waals surface area contributed by atoms with Gasteiger partial charge in [-0.1, -0.05) is 18.2 Å². The summed E-state index contributed by atoms with van der Waals surface area (Å²) in [5.74, 6) is -0.202. The lowest BCUT2D eigenvalue weighted by atomic mass is 10.0. The van der Waals surface area contributed by atoms with E-state index in [0.29, 0.717) is 11.5 Å². The zero-order chi connectivity index (χ0) is 18.0. The molecule has 0 unspecified atom stereocenters. The van der Waals surface area contributed by atoms with Gasteiger partial charge in [0.2, 0.25) is 0 Å². The third kappa shape index (κ3) is 3.52. The number of nitrogens with one attached hydrogen (secondary N) is 1. The van der Waals surface area contributed by atoms with E-state index in [1.165, 1.54) is 24.4 Å². The summed E-state index contributed by atoms with van der Waals surface area (Å²) in [6, 6.07) is 10.00. The number of nitrogens with two attached hydrogens (primary N) is 1. The van der Waals surface area contributed by atoms with Crippen LogP contribution >= 0.6 is 0 Å². The SMILES string of the molecule is Nc1cccc(CNC(=O)c2ccnc3c(C(F)(F)F)cccc23)n1. The molecule has 0 spiro atoms. The number of pyridine rings is 2. The van der Waals surface area contributed by atoms with Gasteiger partial charge in [-0.25, -0.2) is 4.98 Å². The summed E-state index contributed by atoms with van der Waals surface area (Å²) in [5, 5.41) is 2.76. The Balaban J connectivity index is 1.92. The first-order valence-corrected chi connectivity index (χ1v) is 7.31. The fourth-order valence-corrected chi connectivity index (χ4v) is 2.47. The lowest BCUT2D eigenvalue weighted by Crippen LogP contribution is -2.24. The van der Waals surface area contributed by atoms with E-state index in [1.807, 2.05) is 0 Å². The first kappa shape index (κ1) is 16.7. The smallest absolute Gasteiger partial charge is 0.384 e. The molecule has 0 aliphatic rings. The fourth-order valence-electron chi connectivity index (χ4n) is 2.47. The number of amides is 1. The third-order valence-electron chi connectivity index (χ3n) is 3.58. The van der Waals surface area contributed by atoms with Gasteiger partial charge >= 0.3 is 6.18 Å². The number of carbonyl (C=O) groups is 1. The molecule has 0 atom stereocenters. The molecule has 2 heterocycles. The summed E-state index contributed by atoms with van der Waals surface area (Å²) in [4.78, 5) is 20.2. The van der Waals surface area contributed by atoms with Crippen LogP contribution in [0.1, 0.15) is 21.6 Å². The second-order valence-electron chi connectivity index (χ2n) is 5.29. The summed E-state index contributed by atoms with van der Waals surface area (Å²) in [7, 11) is 0. The average Bonchev–Trinajstić information content (AvgIpc) is 2.58. The van der Waals surface area contributed by atoms with Gasteiger partial charge in [0.15, 0.2) is 0 Å². The van der Waals surface area contributed by atoms with E-state index in [1.54, 1.807) is 18.2 Å². The Morgan fingerprint density at radius 2 is 1.88 bits per heavy atom. The van der Waals surface area contributed by atoms with Crippen molar-refractivity contribution < 1.29 is 18.0 Å². The lowest BCUT2D eigenvalue weighted by Gasteiger charge is -2.12. The minimum absolute atomic E-state index is 0.104. The molecule has 25 heavy (non-hydrogen) atoms. The van der Waals surface area contributed by atoms with Gasteiger partial charge in [-0.15, -0.1) is 0 Å². The number of anilines is 1. The second-order valence-corrected chi connectivity index (χ2v) is 5.29. The Labute approximate surface area is 140 Å². The molecule has 1 aromatic carbocycles. The largest absolute Gasteiger partial charge is 0.418 e. The summed E-state index contributed by atoms with van der Waals surface area (Å²) < 4.78 is 39.3. The van der Waals surface area contributed by atoms with E-state index >= 15 is 0 Å². The Morgan fingerprint density at radius 3 is 2.60 bits per heavy atom. The van der Waals surface area contributed by atoms with Crippen LogP contribution in [0.15, 0.2) is 48.7 Å². The van der Waals surface area contributed by atoms with Crippen molar-refractivity contribution in [3.8, 4) is 0 Å². The van der Waals surface area contributed by atoms with E-state index in [4.69, 9.17) is 5.73 Å². The number of nitrogen functional groups attached to an aromatic ring is 1.